The highest BCUT2D eigenvalue weighted by molar-refractivity contribution is 6.35. The third kappa shape index (κ3) is 4.06. The van der Waals surface area contributed by atoms with Gasteiger partial charge in [0.05, 0.1) is 0 Å². The van der Waals surface area contributed by atoms with Crippen molar-refractivity contribution >= 4 is 58.0 Å². The van der Waals surface area contributed by atoms with Gasteiger partial charge in [-0.1, -0.05) is 46.4 Å². The second kappa shape index (κ2) is 6.80. The van der Waals surface area contributed by atoms with Crippen LogP contribution in [0, 0.1) is 0 Å². The van der Waals surface area contributed by atoms with Gasteiger partial charge in [0, 0.05) is 31.2 Å². The molecule has 0 aliphatic heterocycles. The fraction of sp³-hybridized carbons (Fsp3) is 0. The summed E-state index contributed by atoms with van der Waals surface area (Å²) in [6.45, 7) is 0. The van der Waals surface area contributed by atoms with Gasteiger partial charge in [-0.2, -0.15) is 9.97 Å². The van der Waals surface area contributed by atoms with Crippen LogP contribution in [0.3, 0.4) is 0 Å². The van der Waals surface area contributed by atoms with Crippen molar-refractivity contribution in [2.24, 2.45) is 0 Å². The van der Waals surface area contributed by atoms with E-state index in [0.717, 1.165) is 0 Å². The predicted molar refractivity (Wildman–Crippen MR) is 95.7 cm³/mol. The predicted octanol–water partition coefficient (Wildman–Crippen LogP) is 6.47. The monoisotopic (exact) mass is 403 g/mol. The maximum Gasteiger partial charge on any atom is 0.226 e. The average molecular weight is 405 g/mol. The molecule has 0 atom stereocenters. The van der Waals surface area contributed by atoms with E-state index in [1.54, 1.807) is 36.4 Å². The Morgan fingerprint density at radius 3 is 1.17 bits per heavy atom. The molecule has 8 heteroatoms. The zero-order valence-corrected chi connectivity index (χ0v) is 15.0. The Labute approximate surface area is 157 Å². The molecule has 0 spiro atoms. The fourth-order valence-electron chi connectivity index (χ4n) is 1.97. The van der Waals surface area contributed by atoms with E-state index in [9.17, 15) is 0 Å². The number of benzene rings is 2. The number of hydrogen-bond acceptors (Lipinski definition) is 3. The molecule has 3 nitrogen and oxygen atoms in total. The van der Waals surface area contributed by atoms with Crippen LogP contribution in [0.25, 0.3) is 22.8 Å². The van der Waals surface area contributed by atoms with Crippen LogP contribution in [0.5, 0.6) is 0 Å². The second-order valence-corrected chi connectivity index (χ2v) is 6.65. The quantitative estimate of drug-likeness (QED) is 0.490. The molecule has 2 aromatic carbocycles. The molecule has 0 unspecified atom stereocenters. The molecule has 0 bridgehead atoms. The van der Waals surface area contributed by atoms with Crippen molar-refractivity contribution in [1.29, 1.82) is 0 Å². The maximum absolute atomic E-state index is 6.01. The first-order chi connectivity index (χ1) is 10.9. The molecule has 0 aliphatic rings. The summed E-state index contributed by atoms with van der Waals surface area (Å²) in [4.78, 5) is 12.6. The molecule has 1 heterocycles. The minimum Gasteiger partial charge on any atom is -0.208 e. The summed E-state index contributed by atoms with van der Waals surface area (Å²) in [7, 11) is 0. The molecular weight excluding hydrogens is 399 g/mol. The summed E-state index contributed by atoms with van der Waals surface area (Å²) in [5.41, 5.74) is 1.25. The smallest absolute Gasteiger partial charge is 0.208 e. The third-order valence-corrected chi connectivity index (χ3v) is 3.89. The Morgan fingerprint density at radius 1 is 0.478 bits per heavy atom. The Kier molecular flexibility index (Phi) is 4.95. The third-order valence-electron chi connectivity index (χ3n) is 2.85. The molecule has 0 aliphatic carbocycles. The topological polar surface area (TPSA) is 38.7 Å². The highest BCUT2D eigenvalue weighted by Gasteiger charge is 2.12. The van der Waals surface area contributed by atoms with Crippen molar-refractivity contribution in [3.8, 4) is 22.8 Å². The summed E-state index contributed by atoms with van der Waals surface area (Å²) < 4.78 is 0. The van der Waals surface area contributed by atoms with E-state index in [2.05, 4.69) is 15.0 Å². The van der Waals surface area contributed by atoms with Crippen LogP contribution in [0.4, 0.5) is 0 Å². The summed E-state index contributed by atoms with van der Waals surface area (Å²) in [6.07, 6.45) is 0. The number of aromatic nitrogens is 3. The van der Waals surface area contributed by atoms with Crippen LogP contribution in [0.15, 0.2) is 36.4 Å². The van der Waals surface area contributed by atoms with Gasteiger partial charge in [-0.05, 0) is 48.0 Å². The number of nitrogens with zero attached hydrogens (tertiary/aromatic N) is 3. The molecule has 3 aromatic rings. The van der Waals surface area contributed by atoms with Gasteiger partial charge in [0.25, 0.3) is 0 Å². The Morgan fingerprint density at radius 2 is 0.826 bits per heavy atom. The lowest BCUT2D eigenvalue weighted by Gasteiger charge is -2.06. The molecule has 0 fully saturated rings. The SMILES string of the molecule is Clc1cc(Cl)cc(-c2nc(Cl)nc(-c3cc(Cl)cc(Cl)c3)n2)c1. The zero-order valence-electron chi connectivity index (χ0n) is 11.2. The summed E-state index contributed by atoms with van der Waals surface area (Å²) in [5, 5.41) is 1.91. The van der Waals surface area contributed by atoms with Gasteiger partial charge in [-0.25, -0.2) is 4.98 Å². The lowest BCUT2D eigenvalue weighted by atomic mass is 10.2. The van der Waals surface area contributed by atoms with Crippen molar-refractivity contribution in [3.05, 3.63) is 61.8 Å². The normalized spacial score (nSPS) is 10.8. The minimum absolute atomic E-state index is 0.0391. The summed E-state index contributed by atoms with van der Waals surface area (Å²) in [5.74, 6) is 0.695. The standard InChI is InChI=1S/C15H6Cl5N3/c16-9-1-7(2-10(17)5-9)13-21-14(23-15(20)22-13)8-3-11(18)6-12(19)4-8/h1-6H. The van der Waals surface area contributed by atoms with Gasteiger partial charge in [0.15, 0.2) is 11.6 Å². The van der Waals surface area contributed by atoms with Gasteiger partial charge in [0.1, 0.15) is 0 Å². The van der Waals surface area contributed by atoms with E-state index in [-0.39, 0.29) is 5.28 Å². The molecular formula is C15H6Cl5N3. The second-order valence-electron chi connectivity index (χ2n) is 4.57. The Balaban J connectivity index is 2.16. The van der Waals surface area contributed by atoms with E-state index < -0.39 is 0 Å². The van der Waals surface area contributed by atoms with Crippen molar-refractivity contribution in [1.82, 2.24) is 15.0 Å². The largest absolute Gasteiger partial charge is 0.226 e. The van der Waals surface area contributed by atoms with Gasteiger partial charge in [0.2, 0.25) is 5.28 Å². The van der Waals surface area contributed by atoms with E-state index in [1.165, 1.54) is 0 Å². The fourth-order valence-corrected chi connectivity index (χ4v) is 3.19. The first-order valence-electron chi connectivity index (χ1n) is 6.25. The van der Waals surface area contributed by atoms with Crippen LogP contribution in [0.1, 0.15) is 0 Å². The average Bonchev–Trinajstić information content (AvgIpc) is 2.44. The molecule has 23 heavy (non-hydrogen) atoms. The Hall–Kier alpha value is -1.10. The van der Waals surface area contributed by atoms with Crippen LogP contribution < -0.4 is 0 Å². The lowest BCUT2D eigenvalue weighted by molar-refractivity contribution is 1.07. The van der Waals surface area contributed by atoms with Gasteiger partial charge in [-0.3, -0.25) is 0 Å². The van der Waals surface area contributed by atoms with Gasteiger partial charge in [-0.15, -0.1) is 0 Å². The van der Waals surface area contributed by atoms with Crippen LogP contribution in [-0.2, 0) is 0 Å². The van der Waals surface area contributed by atoms with E-state index in [4.69, 9.17) is 58.0 Å². The first kappa shape index (κ1) is 16.7. The lowest BCUT2D eigenvalue weighted by Crippen LogP contribution is -1.97. The minimum atomic E-state index is 0.0391. The van der Waals surface area contributed by atoms with Crippen LogP contribution in [0.2, 0.25) is 25.4 Å². The zero-order chi connectivity index (χ0) is 16.6. The number of halogens is 5. The number of hydrogen-bond donors (Lipinski definition) is 0. The van der Waals surface area contributed by atoms with Crippen LogP contribution in [-0.4, -0.2) is 15.0 Å². The van der Waals surface area contributed by atoms with E-state index in [0.29, 0.717) is 42.9 Å². The molecule has 0 saturated heterocycles. The molecule has 0 radical (unpaired) electrons. The molecule has 1 aromatic heterocycles. The van der Waals surface area contributed by atoms with Crippen molar-refractivity contribution in [3.63, 3.8) is 0 Å². The van der Waals surface area contributed by atoms with Crippen molar-refractivity contribution < 1.29 is 0 Å². The molecule has 3 rings (SSSR count). The van der Waals surface area contributed by atoms with Crippen molar-refractivity contribution in [2.75, 3.05) is 0 Å². The molecule has 0 N–H and O–H groups in total. The van der Waals surface area contributed by atoms with Gasteiger partial charge >= 0.3 is 0 Å². The molecule has 0 amide bonds. The summed E-state index contributed by atoms with van der Waals surface area (Å²) >= 11 is 30.1. The number of rotatable bonds is 2. The molecule has 0 saturated carbocycles. The van der Waals surface area contributed by atoms with Crippen molar-refractivity contribution in [2.45, 2.75) is 0 Å². The van der Waals surface area contributed by atoms with E-state index in [1.807, 2.05) is 0 Å². The highest BCUT2D eigenvalue weighted by Crippen LogP contribution is 2.29. The van der Waals surface area contributed by atoms with Gasteiger partial charge < -0.3 is 0 Å². The highest BCUT2D eigenvalue weighted by atomic mass is 35.5. The first-order valence-corrected chi connectivity index (χ1v) is 8.14. The maximum atomic E-state index is 6.01. The molecule has 116 valence electrons. The Bertz CT molecular complexity index is 788. The summed E-state index contributed by atoms with van der Waals surface area (Å²) in [6, 6.07) is 9.99. The van der Waals surface area contributed by atoms with Crippen LogP contribution >= 0.6 is 58.0 Å². The van der Waals surface area contributed by atoms with E-state index >= 15 is 0 Å².